The smallest absolute Gasteiger partial charge is 0.233 e. The molecule has 0 aliphatic carbocycles. The van der Waals surface area contributed by atoms with Crippen molar-refractivity contribution >= 4 is 34.4 Å². The van der Waals surface area contributed by atoms with Crippen LogP contribution in [-0.4, -0.2) is 25.2 Å². The highest BCUT2D eigenvalue weighted by molar-refractivity contribution is 6.30. The van der Waals surface area contributed by atoms with Crippen LogP contribution in [0.4, 0.5) is 10.2 Å². The van der Waals surface area contributed by atoms with Gasteiger partial charge in [0.2, 0.25) is 11.9 Å². The van der Waals surface area contributed by atoms with Crippen molar-refractivity contribution in [2.24, 2.45) is 7.05 Å². The van der Waals surface area contributed by atoms with E-state index in [0.29, 0.717) is 28.0 Å². The lowest BCUT2D eigenvalue weighted by atomic mass is 9.85. The normalized spacial score (nSPS) is 16.1. The Hall–Kier alpha value is -3.19. The number of hydrogen-bond donors (Lipinski definition) is 1. The molecule has 0 fully saturated rings. The Labute approximate surface area is 170 Å². The molecule has 8 heteroatoms. The fourth-order valence-electron chi connectivity index (χ4n) is 4.06. The molecule has 0 unspecified atom stereocenters. The van der Waals surface area contributed by atoms with Crippen LogP contribution in [-0.2, 0) is 11.8 Å². The number of benzene rings is 2. The molecule has 146 valence electrons. The van der Waals surface area contributed by atoms with Crippen molar-refractivity contribution in [3.63, 3.8) is 0 Å². The number of rotatable bonds is 2. The van der Waals surface area contributed by atoms with E-state index >= 15 is 0 Å². The minimum atomic E-state index is -0.471. The summed E-state index contributed by atoms with van der Waals surface area (Å²) in [6, 6.07) is 12.2. The highest BCUT2D eigenvalue weighted by atomic mass is 35.5. The van der Waals surface area contributed by atoms with Gasteiger partial charge in [0.1, 0.15) is 11.6 Å². The number of para-hydroxylation sites is 2. The van der Waals surface area contributed by atoms with Crippen molar-refractivity contribution in [3.05, 3.63) is 70.1 Å². The van der Waals surface area contributed by atoms with Crippen LogP contribution in [0.5, 0.6) is 0 Å². The Kier molecular flexibility index (Phi) is 3.96. The third-order valence-corrected chi connectivity index (χ3v) is 5.62. The summed E-state index contributed by atoms with van der Waals surface area (Å²) in [6.07, 6.45) is 0.124. The zero-order chi connectivity index (χ0) is 20.3. The van der Waals surface area contributed by atoms with Crippen molar-refractivity contribution in [2.75, 3.05) is 5.32 Å². The van der Waals surface area contributed by atoms with E-state index in [1.54, 1.807) is 10.7 Å². The van der Waals surface area contributed by atoms with Gasteiger partial charge >= 0.3 is 0 Å². The molecular weight excluding hydrogens is 393 g/mol. The summed E-state index contributed by atoms with van der Waals surface area (Å²) in [5.41, 5.74) is 3.64. The van der Waals surface area contributed by atoms with Crippen LogP contribution in [0.2, 0.25) is 5.02 Å². The lowest BCUT2D eigenvalue weighted by Crippen LogP contribution is -2.25. The quantitative estimate of drug-likeness (QED) is 0.535. The van der Waals surface area contributed by atoms with Gasteiger partial charge in [0, 0.05) is 30.0 Å². The maximum atomic E-state index is 14.6. The lowest BCUT2D eigenvalue weighted by Gasteiger charge is -2.24. The summed E-state index contributed by atoms with van der Waals surface area (Å²) in [5.74, 6) is 0.0159. The molecule has 0 bridgehead atoms. The molecule has 6 nitrogen and oxygen atoms in total. The van der Waals surface area contributed by atoms with E-state index in [-0.39, 0.29) is 12.3 Å². The van der Waals surface area contributed by atoms with Crippen molar-refractivity contribution < 1.29 is 9.18 Å². The van der Waals surface area contributed by atoms with Gasteiger partial charge in [0.15, 0.2) is 0 Å². The zero-order valence-electron chi connectivity index (χ0n) is 15.8. The van der Waals surface area contributed by atoms with Crippen LogP contribution in [0.3, 0.4) is 0 Å². The fourth-order valence-corrected chi connectivity index (χ4v) is 4.24. The van der Waals surface area contributed by atoms with E-state index in [2.05, 4.69) is 15.4 Å². The molecule has 1 aliphatic rings. The molecule has 0 saturated heterocycles. The van der Waals surface area contributed by atoms with Crippen molar-refractivity contribution in [1.29, 1.82) is 0 Å². The monoisotopic (exact) mass is 409 g/mol. The van der Waals surface area contributed by atoms with Crippen LogP contribution in [0.15, 0.2) is 42.5 Å². The SMILES string of the molecule is Cc1nn(-c2nc3ccccc3n2C)c2c1[C@H](c1cc(Cl)ccc1F)CC(=O)N2. The summed E-state index contributed by atoms with van der Waals surface area (Å²) in [4.78, 5) is 17.2. The van der Waals surface area contributed by atoms with E-state index < -0.39 is 11.7 Å². The number of aryl methyl sites for hydroxylation is 2. The van der Waals surface area contributed by atoms with Crippen LogP contribution in [0.25, 0.3) is 17.0 Å². The maximum absolute atomic E-state index is 14.6. The topological polar surface area (TPSA) is 64.7 Å². The predicted octanol–water partition coefficient (Wildman–Crippen LogP) is 4.33. The number of carbonyl (C=O) groups is 1. The van der Waals surface area contributed by atoms with E-state index in [0.717, 1.165) is 16.6 Å². The largest absolute Gasteiger partial charge is 0.311 e. The summed E-state index contributed by atoms with van der Waals surface area (Å²) >= 11 is 6.10. The third kappa shape index (κ3) is 2.73. The van der Waals surface area contributed by atoms with Crippen LogP contribution in [0, 0.1) is 12.7 Å². The molecule has 2 aromatic heterocycles. The number of hydrogen-bond acceptors (Lipinski definition) is 3. The highest BCUT2D eigenvalue weighted by Gasteiger charge is 2.35. The Morgan fingerprint density at radius 3 is 2.83 bits per heavy atom. The van der Waals surface area contributed by atoms with E-state index in [1.807, 2.05) is 42.8 Å². The fraction of sp³-hybridized carbons (Fsp3) is 0.190. The third-order valence-electron chi connectivity index (χ3n) is 5.39. The van der Waals surface area contributed by atoms with Gasteiger partial charge in [-0.05, 0) is 42.8 Å². The Bertz CT molecular complexity index is 1290. The number of anilines is 1. The first kappa shape index (κ1) is 17.9. The van der Waals surface area contributed by atoms with Gasteiger partial charge in [0.25, 0.3) is 0 Å². The molecule has 1 N–H and O–H groups in total. The Balaban J connectivity index is 1.73. The second-order valence-electron chi connectivity index (χ2n) is 7.19. The molecule has 0 spiro atoms. The molecule has 3 heterocycles. The molecule has 0 radical (unpaired) electrons. The van der Waals surface area contributed by atoms with Gasteiger partial charge < -0.3 is 9.88 Å². The van der Waals surface area contributed by atoms with Crippen molar-refractivity contribution in [3.8, 4) is 5.95 Å². The van der Waals surface area contributed by atoms with Crippen LogP contribution in [0.1, 0.15) is 29.2 Å². The van der Waals surface area contributed by atoms with Gasteiger partial charge in [-0.2, -0.15) is 9.78 Å². The van der Waals surface area contributed by atoms with Crippen LogP contribution < -0.4 is 5.32 Å². The van der Waals surface area contributed by atoms with Gasteiger partial charge in [-0.3, -0.25) is 4.79 Å². The highest BCUT2D eigenvalue weighted by Crippen LogP contribution is 2.41. The van der Waals surface area contributed by atoms with Crippen molar-refractivity contribution in [2.45, 2.75) is 19.3 Å². The molecule has 0 saturated carbocycles. The van der Waals surface area contributed by atoms with Gasteiger partial charge in [0.05, 0.1) is 16.7 Å². The molecule has 1 atom stereocenters. The number of halogens is 2. The molecule has 29 heavy (non-hydrogen) atoms. The molecule has 1 aliphatic heterocycles. The standard InChI is InChI=1S/C21H17ClFN5O/c1-11-19-14(13-9-12(22)7-8-15(13)23)10-18(29)25-20(19)28(26-11)21-24-16-5-3-4-6-17(16)27(21)2/h3-9,14H,10H2,1-2H3,(H,25,29)/t14-/m0/s1. The maximum Gasteiger partial charge on any atom is 0.233 e. The minimum absolute atomic E-state index is 0.124. The molecular formula is C21H17ClFN5O. The number of nitrogens with one attached hydrogen (secondary N) is 1. The number of carbonyl (C=O) groups excluding carboxylic acids is 1. The predicted molar refractivity (Wildman–Crippen MR) is 109 cm³/mol. The number of aromatic nitrogens is 4. The van der Waals surface area contributed by atoms with Crippen molar-refractivity contribution in [1.82, 2.24) is 19.3 Å². The average molecular weight is 410 g/mol. The molecule has 2 aromatic carbocycles. The summed E-state index contributed by atoms with van der Waals surface area (Å²) in [6.45, 7) is 1.85. The number of nitrogens with zero attached hydrogens (tertiary/aromatic N) is 4. The van der Waals surface area contributed by atoms with Gasteiger partial charge in [-0.1, -0.05) is 23.7 Å². The van der Waals surface area contributed by atoms with Crippen LogP contribution >= 0.6 is 11.6 Å². The first-order valence-corrected chi connectivity index (χ1v) is 9.58. The summed E-state index contributed by atoms with van der Waals surface area (Å²) in [7, 11) is 1.90. The molecule has 4 aromatic rings. The Morgan fingerprint density at radius 2 is 2.03 bits per heavy atom. The second-order valence-corrected chi connectivity index (χ2v) is 7.63. The van der Waals surface area contributed by atoms with E-state index in [1.165, 1.54) is 12.1 Å². The molecule has 5 rings (SSSR count). The van der Waals surface area contributed by atoms with E-state index in [9.17, 15) is 9.18 Å². The van der Waals surface area contributed by atoms with E-state index in [4.69, 9.17) is 11.6 Å². The second kappa shape index (κ2) is 6.42. The summed E-state index contributed by atoms with van der Waals surface area (Å²) < 4.78 is 18.1. The minimum Gasteiger partial charge on any atom is -0.311 e. The first-order valence-electron chi connectivity index (χ1n) is 9.20. The number of imidazole rings is 1. The summed E-state index contributed by atoms with van der Waals surface area (Å²) in [5, 5.41) is 7.98. The Morgan fingerprint density at radius 1 is 1.24 bits per heavy atom. The zero-order valence-corrected chi connectivity index (χ0v) is 16.5. The first-order chi connectivity index (χ1) is 13.9. The number of amides is 1. The number of fused-ring (bicyclic) bond motifs is 2. The van der Waals surface area contributed by atoms with Gasteiger partial charge in [-0.25, -0.2) is 9.37 Å². The molecule has 1 amide bonds. The average Bonchev–Trinajstić information content (AvgIpc) is 3.20. The lowest BCUT2D eigenvalue weighted by molar-refractivity contribution is -0.116. The van der Waals surface area contributed by atoms with Gasteiger partial charge in [-0.15, -0.1) is 0 Å².